The number of aryl methyl sites for hydroxylation is 1. The zero-order valence-electron chi connectivity index (χ0n) is 18.2. The number of likely N-dealkylation sites (tertiary alicyclic amines) is 1. The molecular formula is C23H28ClN5O2. The lowest BCUT2D eigenvalue weighted by Crippen LogP contribution is -2.48. The number of aromatic amines is 1. The Labute approximate surface area is 186 Å². The average Bonchev–Trinajstić information content (AvgIpc) is 3.32. The van der Waals surface area contributed by atoms with E-state index in [1.807, 2.05) is 37.9 Å². The van der Waals surface area contributed by atoms with E-state index in [1.54, 1.807) is 6.20 Å². The summed E-state index contributed by atoms with van der Waals surface area (Å²) in [4.78, 5) is 21.9. The van der Waals surface area contributed by atoms with Crippen molar-refractivity contribution < 1.29 is 9.53 Å². The maximum atomic E-state index is 12.5. The van der Waals surface area contributed by atoms with Crippen molar-refractivity contribution in [1.82, 2.24) is 24.6 Å². The number of amides is 1. The molecule has 3 aromatic heterocycles. The van der Waals surface area contributed by atoms with Crippen LogP contribution >= 0.6 is 11.6 Å². The molecule has 2 aliphatic heterocycles. The number of ether oxygens (including phenoxy) is 1. The molecule has 3 aromatic rings. The molecule has 7 nitrogen and oxygen atoms in total. The summed E-state index contributed by atoms with van der Waals surface area (Å²) in [5, 5.41) is 6.49. The number of aromatic nitrogens is 4. The summed E-state index contributed by atoms with van der Waals surface area (Å²) in [5.74, 6) is 0. The van der Waals surface area contributed by atoms with E-state index in [0.717, 1.165) is 54.5 Å². The van der Waals surface area contributed by atoms with Gasteiger partial charge in [0.15, 0.2) is 0 Å². The molecule has 0 unspecified atom stereocenters. The van der Waals surface area contributed by atoms with Crippen molar-refractivity contribution in [3.05, 3.63) is 35.2 Å². The van der Waals surface area contributed by atoms with Crippen LogP contribution in [0.5, 0.6) is 0 Å². The van der Waals surface area contributed by atoms with Gasteiger partial charge in [-0.05, 0) is 58.6 Å². The van der Waals surface area contributed by atoms with E-state index in [-0.39, 0.29) is 11.5 Å². The van der Waals surface area contributed by atoms with Crippen LogP contribution in [0.3, 0.4) is 0 Å². The molecule has 164 valence electrons. The third-order valence-electron chi connectivity index (χ3n) is 6.50. The van der Waals surface area contributed by atoms with Gasteiger partial charge in [0.1, 0.15) is 11.2 Å². The van der Waals surface area contributed by atoms with Crippen molar-refractivity contribution in [2.45, 2.75) is 64.0 Å². The minimum Gasteiger partial charge on any atom is -0.444 e. The summed E-state index contributed by atoms with van der Waals surface area (Å²) < 4.78 is 7.73. The largest absolute Gasteiger partial charge is 0.444 e. The first kappa shape index (κ1) is 20.4. The van der Waals surface area contributed by atoms with Gasteiger partial charge in [-0.3, -0.25) is 4.68 Å². The number of hydrogen-bond acceptors (Lipinski definition) is 4. The number of H-pyrrole nitrogens is 1. The number of nitrogens with zero attached hydrogens (tertiary/aromatic N) is 4. The molecule has 1 N–H and O–H groups in total. The van der Waals surface area contributed by atoms with E-state index in [1.165, 1.54) is 5.69 Å². The zero-order chi connectivity index (χ0) is 21.8. The predicted octanol–water partition coefficient (Wildman–Crippen LogP) is 5.14. The van der Waals surface area contributed by atoms with Crippen molar-refractivity contribution in [3.8, 4) is 11.3 Å². The van der Waals surface area contributed by atoms with E-state index >= 15 is 0 Å². The number of pyridine rings is 1. The average molecular weight is 442 g/mol. The molecule has 31 heavy (non-hydrogen) atoms. The number of carbonyl (C=O) groups is 1. The van der Waals surface area contributed by atoms with Gasteiger partial charge in [0, 0.05) is 54.1 Å². The quantitative estimate of drug-likeness (QED) is 0.567. The van der Waals surface area contributed by atoms with Gasteiger partial charge in [-0.1, -0.05) is 11.6 Å². The minimum atomic E-state index is -0.470. The molecule has 0 aliphatic carbocycles. The van der Waals surface area contributed by atoms with E-state index < -0.39 is 5.60 Å². The number of rotatable bonds is 1. The Balaban J connectivity index is 1.40. The molecule has 0 saturated carbocycles. The Hall–Kier alpha value is -2.54. The van der Waals surface area contributed by atoms with Crippen molar-refractivity contribution in [2.24, 2.45) is 0 Å². The Morgan fingerprint density at radius 3 is 2.71 bits per heavy atom. The first-order chi connectivity index (χ1) is 14.7. The number of nitrogens with one attached hydrogen (secondary N) is 1. The second-order valence-corrected chi connectivity index (χ2v) is 10.2. The summed E-state index contributed by atoms with van der Waals surface area (Å²) in [5.41, 5.74) is 3.55. The molecule has 0 aromatic carbocycles. The molecule has 2 aliphatic rings. The minimum absolute atomic E-state index is 0.0608. The molecule has 0 radical (unpaired) electrons. The van der Waals surface area contributed by atoms with E-state index in [9.17, 15) is 4.79 Å². The van der Waals surface area contributed by atoms with E-state index in [4.69, 9.17) is 21.4 Å². The number of hydrogen-bond donors (Lipinski definition) is 1. The molecule has 8 heteroatoms. The maximum Gasteiger partial charge on any atom is 0.410 e. The molecule has 1 spiro atoms. The van der Waals surface area contributed by atoms with Gasteiger partial charge < -0.3 is 14.6 Å². The standard InChI is InChI=1S/C23H28ClN5O2/c1-22(2,3)31-21(30)28-9-6-23(7-10-28)5-4-8-29-19(23)12-18(27-29)15-11-16-17(24)14-26-20(16)25-13-15/h11-14H,4-10H2,1-3H3,(H,25,26). The lowest BCUT2D eigenvalue weighted by Gasteiger charge is -2.44. The van der Waals surface area contributed by atoms with Crippen LogP contribution in [0.25, 0.3) is 22.3 Å². The third-order valence-corrected chi connectivity index (χ3v) is 6.81. The zero-order valence-corrected chi connectivity index (χ0v) is 19.0. The number of halogens is 1. The van der Waals surface area contributed by atoms with E-state index in [0.29, 0.717) is 18.1 Å². The predicted molar refractivity (Wildman–Crippen MR) is 120 cm³/mol. The summed E-state index contributed by atoms with van der Waals surface area (Å²) in [6.07, 6.45) is 7.48. The Kier molecular flexibility index (Phi) is 4.77. The van der Waals surface area contributed by atoms with Gasteiger partial charge in [-0.25, -0.2) is 9.78 Å². The van der Waals surface area contributed by atoms with Crippen molar-refractivity contribution >= 4 is 28.7 Å². The lowest BCUT2D eigenvalue weighted by molar-refractivity contribution is 0.0144. The number of fused-ring (bicyclic) bond motifs is 3. The maximum absolute atomic E-state index is 12.5. The van der Waals surface area contributed by atoms with Crippen molar-refractivity contribution in [3.63, 3.8) is 0 Å². The van der Waals surface area contributed by atoms with Gasteiger partial charge in [0.05, 0.1) is 10.7 Å². The molecule has 1 saturated heterocycles. The highest BCUT2D eigenvalue weighted by atomic mass is 35.5. The normalized spacial score (nSPS) is 18.4. The highest BCUT2D eigenvalue weighted by Crippen LogP contribution is 2.44. The van der Waals surface area contributed by atoms with Crippen molar-refractivity contribution in [2.75, 3.05) is 13.1 Å². The highest BCUT2D eigenvalue weighted by Gasteiger charge is 2.42. The SMILES string of the molecule is CC(C)(C)OC(=O)N1CCC2(CCCn3nc(-c4cnc5[nH]cc(Cl)c5c4)cc32)CC1. The summed E-state index contributed by atoms with van der Waals surface area (Å²) in [7, 11) is 0. The molecule has 5 rings (SSSR count). The second-order valence-electron chi connectivity index (χ2n) is 9.75. The molecule has 0 bridgehead atoms. The summed E-state index contributed by atoms with van der Waals surface area (Å²) in [6, 6.07) is 4.26. The monoisotopic (exact) mass is 441 g/mol. The van der Waals surface area contributed by atoms with Crippen LogP contribution in [0.15, 0.2) is 24.5 Å². The van der Waals surface area contributed by atoms with Crippen LogP contribution in [-0.4, -0.2) is 49.4 Å². The fraction of sp³-hybridized carbons (Fsp3) is 0.522. The first-order valence-corrected chi connectivity index (χ1v) is 11.3. The molecule has 0 atom stereocenters. The summed E-state index contributed by atoms with van der Waals surface area (Å²) >= 11 is 6.29. The number of piperidine rings is 1. The Morgan fingerprint density at radius 2 is 1.97 bits per heavy atom. The fourth-order valence-corrected chi connectivity index (χ4v) is 5.11. The van der Waals surface area contributed by atoms with Gasteiger partial charge in [-0.15, -0.1) is 0 Å². The Morgan fingerprint density at radius 1 is 1.19 bits per heavy atom. The molecule has 1 fully saturated rings. The third kappa shape index (κ3) is 3.69. The van der Waals surface area contributed by atoms with Crippen LogP contribution in [-0.2, 0) is 16.7 Å². The van der Waals surface area contributed by atoms with Crippen LogP contribution in [0.4, 0.5) is 4.79 Å². The van der Waals surface area contributed by atoms with Gasteiger partial charge in [0.2, 0.25) is 0 Å². The molecular weight excluding hydrogens is 414 g/mol. The van der Waals surface area contributed by atoms with Crippen LogP contribution in [0.1, 0.15) is 52.1 Å². The fourth-order valence-electron chi connectivity index (χ4n) is 4.91. The Bertz CT molecular complexity index is 1130. The summed E-state index contributed by atoms with van der Waals surface area (Å²) in [6.45, 7) is 8.07. The van der Waals surface area contributed by atoms with Crippen molar-refractivity contribution in [1.29, 1.82) is 0 Å². The van der Waals surface area contributed by atoms with Crippen LogP contribution in [0, 0.1) is 0 Å². The van der Waals surface area contributed by atoms with Gasteiger partial charge >= 0.3 is 6.09 Å². The highest BCUT2D eigenvalue weighted by molar-refractivity contribution is 6.35. The lowest BCUT2D eigenvalue weighted by atomic mass is 9.70. The second kappa shape index (κ2) is 7.26. The first-order valence-electron chi connectivity index (χ1n) is 10.9. The van der Waals surface area contributed by atoms with Gasteiger partial charge in [0.25, 0.3) is 0 Å². The molecule has 1 amide bonds. The van der Waals surface area contributed by atoms with Crippen LogP contribution < -0.4 is 0 Å². The topological polar surface area (TPSA) is 76.0 Å². The molecule has 5 heterocycles. The smallest absolute Gasteiger partial charge is 0.410 e. The van der Waals surface area contributed by atoms with Crippen LogP contribution in [0.2, 0.25) is 5.02 Å². The van der Waals surface area contributed by atoms with E-state index in [2.05, 4.69) is 20.7 Å². The number of carbonyl (C=O) groups excluding carboxylic acids is 1. The van der Waals surface area contributed by atoms with Gasteiger partial charge in [-0.2, -0.15) is 5.10 Å².